The average molecular weight is 278 g/mol. The van der Waals surface area contributed by atoms with Crippen LogP contribution in [0.4, 0.5) is 0 Å². The SMILES string of the molecule is C=C1c2[nH]c3ccccc3c2CCN2CCC1/C(=C\C)C2. The van der Waals surface area contributed by atoms with Crippen molar-refractivity contribution in [2.24, 2.45) is 5.92 Å². The van der Waals surface area contributed by atoms with Crippen LogP contribution >= 0.6 is 0 Å². The van der Waals surface area contributed by atoms with E-state index in [4.69, 9.17) is 0 Å². The average Bonchev–Trinajstić information content (AvgIpc) is 2.93. The van der Waals surface area contributed by atoms with Gasteiger partial charge in [-0.3, -0.25) is 4.90 Å². The Bertz CT molecular complexity index is 735. The topological polar surface area (TPSA) is 19.0 Å². The molecule has 0 aliphatic carbocycles. The molecule has 2 nitrogen and oxygen atoms in total. The smallest absolute Gasteiger partial charge is 0.0461 e. The van der Waals surface area contributed by atoms with E-state index < -0.39 is 0 Å². The predicted molar refractivity (Wildman–Crippen MR) is 89.3 cm³/mol. The highest BCUT2D eigenvalue weighted by Gasteiger charge is 2.30. The van der Waals surface area contributed by atoms with Crippen molar-refractivity contribution in [3.63, 3.8) is 0 Å². The van der Waals surface area contributed by atoms with E-state index in [2.05, 4.69) is 53.7 Å². The molecule has 3 aliphatic rings. The van der Waals surface area contributed by atoms with Crippen molar-refractivity contribution in [3.8, 4) is 0 Å². The van der Waals surface area contributed by atoms with E-state index in [0.717, 1.165) is 19.5 Å². The molecule has 2 bridgehead atoms. The largest absolute Gasteiger partial charge is 0.355 e. The van der Waals surface area contributed by atoms with Gasteiger partial charge in [0.25, 0.3) is 0 Å². The number of aromatic nitrogens is 1. The van der Waals surface area contributed by atoms with Crippen LogP contribution in [0.3, 0.4) is 0 Å². The first-order valence-electron chi connectivity index (χ1n) is 7.94. The summed E-state index contributed by atoms with van der Waals surface area (Å²) in [5.41, 5.74) is 6.83. The molecule has 1 N–H and O–H groups in total. The number of fused-ring (bicyclic) bond motifs is 4. The zero-order valence-electron chi connectivity index (χ0n) is 12.7. The summed E-state index contributed by atoms with van der Waals surface area (Å²) < 4.78 is 0. The Balaban J connectivity index is 1.91. The van der Waals surface area contributed by atoms with Crippen LogP contribution in [-0.4, -0.2) is 29.5 Å². The summed E-state index contributed by atoms with van der Waals surface area (Å²) in [4.78, 5) is 6.24. The molecular weight excluding hydrogens is 256 g/mol. The van der Waals surface area contributed by atoms with Crippen LogP contribution < -0.4 is 0 Å². The van der Waals surface area contributed by atoms with Crippen molar-refractivity contribution in [2.45, 2.75) is 19.8 Å². The molecule has 4 heterocycles. The summed E-state index contributed by atoms with van der Waals surface area (Å²) in [5, 5.41) is 1.37. The first-order chi connectivity index (χ1) is 10.3. The maximum Gasteiger partial charge on any atom is 0.0461 e. The van der Waals surface area contributed by atoms with Crippen molar-refractivity contribution in [1.29, 1.82) is 0 Å². The number of hydrogen-bond donors (Lipinski definition) is 1. The Morgan fingerprint density at radius 3 is 3.00 bits per heavy atom. The van der Waals surface area contributed by atoms with Crippen LogP contribution in [0, 0.1) is 5.92 Å². The van der Waals surface area contributed by atoms with Crippen molar-refractivity contribution >= 4 is 16.5 Å². The molecule has 0 saturated carbocycles. The van der Waals surface area contributed by atoms with Crippen molar-refractivity contribution in [3.05, 3.63) is 53.8 Å². The van der Waals surface area contributed by atoms with Crippen molar-refractivity contribution in [2.75, 3.05) is 19.6 Å². The third kappa shape index (κ3) is 1.97. The summed E-state index contributed by atoms with van der Waals surface area (Å²) >= 11 is 0. The molecule has 1 aromatic carbocycles. The number of allylic oxidation sites excluding steroid dienone is 2. The van der Waals surface area contributed by atoms with Gasteiger partial charge in [0.2, 0.25) is 0 Å². The number of para-hydroxylation sites is 1. The number of aromatic amines is 1. The first kappa shape index (κ1) is 12.9. The van der Waals surface area contributed by atoms with Gasteiger partial charge in [0, 0.05) is 35.6 Å². The molecule has 2 unspecified atom stereocenters. The Labute approximate surface area is 126 Å². The molecular formula is C19H22N2. The summed E-state index contributed by atoms with van der Waals surface area (Å²) in [6, 6.07) is 8.66. The van der Waals surface area contributed by atoms with Gasteiger partial charge in [-0.1, -0.05) is 36.4 Å². The highest BCUT2D eigenvalue weighted by atomic mass is 15.1. The standard InChI is InChI=1S/C19H22N2/c1-3-14-12-21-10-8-15(14)13(2)19-17(9-11-21)16-6-4-5-7-18(16)20-19/h3-7,15,20H,2,8-12H2,1H3/b14-3-. The first-order valence-corrected chi connectivity index (χ1v) is 7.94. The Hall–Kier alpha value is -1.80. The maximum atomic E-state index is 4.48. The molecule has 1 fully saturated rings. The van der Waals surface area contributed by atoms with Gasteiger partial charge in [-0.15, -0.1) is 0 Å². The molecule has 1 saturated heterocycles. The van der Waals surface area contributed by atoms with E-state index >= 15 is 0 Å². The molecule has 0 spiro atoms. The Morgan fingerprint density at radius 2 is 2.14 bits per heavy atom. The highest BCUT2D eigenvalue weighted by Crippen LogP contribution is 2.39. The number of H-pyrrole nitrogens is 1. The molecule has 1 aromatic heterocycles. The van der Waals surface area contributed by atoms with Gasteiger partial charge >= 0.3 is 0 Å². The Morgan fingerprint density at radius 1 is 1.29 bits per heavy atom. The van der Waals surface area contributed by atoms with E-state index in [1.54, 1.807) is 0 Å². The van der Waals surface area contributed by atoms with E-state index in [1.807, 2.05) is 0 Å². The lowest BCUT2D eigenvalue weighted by atomic mass is 9.84. The van der Waals surface area contributed by atoms with Gasteiger partial charge in [-0.2, -0.15) is 0 Å². The van der Waals surface area contributed by atoms with Crippen LogP contribution in [0.15, 0.2) is 42.5 Å². The van der Waals surface area contributed by atoms with E-state index in [1.165, 1.54) is 46.3 Å². The zero-order chi connectivity index (χ0) is 14.4. The second kappa shape index (κ2) is 4.88. The number of benzene rings is 1. The summed E-state index contributed by atoms with van der Waals surface area (Å²) in [7, 11) is 0. The monoisotopic (exact) mass is 278 g/mol. The highest BCUT2D eigenvalue weighted by molar-refractivity contribution is 5.89. The third-order valence-corrected chi connectivity index (χ3v) is 5.19. The molecule has 2 aromatic rings. The van der Waals surface area contributed by atoms with Crippen LogP contribution in [-0.2, 0) is 6.42 Å². The number of nitrogens with one attached hydrogen (secondary N) is 1. The molecule has 3 aliphatic heterocycles. The zero-order valence-corrected chi connectivity index (χ0v) is 12.7. The molecule has 5 rings (SSSR count). The quantitative estimate of drug-likeness (QED) is 0.722. The van der Waals surface area contributed by atoms with Gasteiger partial charge < -0.3 is 4.98 Å². The minimum atomic E-state index is 0.510. The van der Waals surface area contributed by atoms with Crippen LogP contribution in [0.1, 0.15) is 24.6 Å². The van der Waals surface area contributed by atoms with E-state index in [0.29, 0.717) is 5.92 Å². The fourth-order valence-electron chi connectivity index (χ4n) is 4.00. The van der Waals surface area contributed by atoms with E-state index in [-0.39, 0.29) is 0 Å². The van der Waals surface area contributed by atoms with Crippen molar-refractivity contribution < 1.29 is 0 Å². The molecule has 0 amide bonds. The van der Waals surface area contributed by atoms with Gasteiger partial charge in [-0.05, 0) is 43.5 Å². The van der Waals surface area contributed by atoms with Gasteiger partial charge in [-0.25, -0.2) is 0 Å². The number of rotatable bonds is 0. The van der Waals surface area contributed by atoms with Gasteiger partial charge in [0.1, 0.15) is 0 Å². The minimum Gasteiger partial charge on any atom is -0.355 e. The molecule has 108 valence electrons. The summed E-state index contributed by atoms with van der Waals surface area (Å²) in [5.74, 6) is 0.510. The lowest BCUT2D eigenvalue weighted by Gasteiger charge is -2.33. The summed E-state index contributed by atoms with van der Waals surface area (Å²) in [6.45, 7) is 10.1. The second-order valence-electron chi connectivity index (χ2n) is 6.28. The summed E-state index contributed by atoms with van der Waals surface area (Å²) in [6.07, 6.45) is 4.62. The maximum absolute atomic E-state index is 4.48. The minimum absolute atomic E-state index is 0.510. The third-order valence-electron chi connectivity index (χ3n) is 5.19. The molecule has 0 radical (unpaired) electrons. The van der Waals surface area contributed by atoms with Crippen molar-refractivity contribution in [1.82, 2.24) is 9.88 Å². The molecule has 2 atom stereocenters. The molecule has 21 heavy (non-hydrogen) atoms. The fourth-order valence-corrected chi connectivity index (χ4v) is 4.00. The Kier molecular flexibility index (Phi) is 3.00. The molecule has 2 heteroatoms. The fraction of sp³-hybridized carbons (Fsp3) is 0.368. The number of piperidine rings is 1. The lowest BCUT2D eigenvalue weighted by molar-refractivity contribution is 0.255. The van der Waals surface area contributed by atoms with Crippen LogP contribution in [0.25, 0.3) is 16.5 Å². The van der Waals surface area contributed by atoms with Crippen LogP contribution in [0.2, 0.25) is 0 Å². The van der Waals surface area contributed by atoms with Gasteiger partial charge in [0.15, 0.2) is 0 Å². The lowest BCUT2D eigenvalue weighted by Crippen LogP contribution is -2.36. The number of nitrogens with zero attached hydrogens (tertiary/aromatic N) is 1. The van der Waals surface area contributed by atoms with Crippen LogP contribution in [0.5, 0.6) is 0 Å². The predicted octanol–water partition coefficient (Wildman–Crippen LogP) is 4.01. The number of hydrogen-bond acceptors (Lipinski definition) is 1. The van der Waals surface area contributed by atoms with Gasteiger partial charge in [0.05, 0.1) is 0 Å². The normalized spacial score (nSPS) is 27.5. The second-order valence-corrected chi connectivity index (χ2v) is 6.28. The van der Waals surface area contributed by atoms with E-state index in [9.17, 15) is 0 Å².